The van der Waals surface area contributed by atoms with Crippen LogP contribution >= 0.6 is 12.4 Å². The first-order valence-corrected chi connectivity index (χ1v) is 9.32. The summed E-state index contributed by atoms with van der Waals surface area (Å²) in [6, 6.07) is 8.42. The molecule has 4 heterocycles. The predicted molar refractivity (Wildman–Crippen MR) is 104 cm³/mol. The van der Waals surface area contributed by atoms with E-state index in [1.807, 2.05) is 22.8 Å². The number of benzene rings is 1. The van der Waals surface area contributed by atoms with Crippen molar-refractivity contribution < 1.29 is 10.0 Å². The van der Waals surface area contributed by atoms with Crippen molar-refractivity contribution in [1.29, 1.82) is 0 Å². The van der Waals surface area contributed by atoms with Crippen molar-refractivity contribution in [3.8, 4) is 0 Å². The van der Waals surface area contributed by atoms with Crippen LogP contribution in [0.5, 0.6) is 0 Å². The molecule has 2 aromatic rings. The van der Waals surface area contributed by atoms with Crippen molar-refractivity contribution in [3.63, 3.8) is 0 Å². The second kappa shape index (κ2) is 6.10. The van der Waals surface area contributed by atoms with Gasteiger partial charge in [-0.2, -0.15) is 0 Å². The third kappa shape index (κ3) is 2.07. The zero-order valence-electron chi connectivity index (χ0n) is 14.9. The highest BCUT2D eigenvalue weighted by Gasteiger charge is 2.52. The maximum absolute atomic E-state index is 13.3. The number of aromatic nitrogens is 1. The molecule has 1 aromatic carbocycles. The van der Waals surface area contributed by atoms with Gasteiger partial charge in [-0.05, 0) is 49.3 Å². The molecule has 0 unspecified atom stereocenters. The van der Waals surface area contributed by atoms with E-state index in [4.69, 9.17) is 0 Å². The maximum Gasteiger partial charge on any atom is 0.280 e. The van der Waals surface area contributed by atoms with E-state index in [1.54, 1.807) is 0 Å². The minimum absolute atomic E-state index is 0. The Labute approximate surface area is 159 Å². The van der Waals surface area contributed by atoms with Crippen LogP contribution in [0.1, 0.15) is 54.7 Å². The van der Waals surface area contributed by atoms with Crippen molar-refractivity contribution in [2.24, 2.45) is 10.6 Å². The van der Waals surface area contributed by atoms with E-state index in [0.29, 0.717) is 12.1 Å². The number of nitrogens with zero attached hydrogens (tertiary/aromatic N) is 3. The number of piperidine rings is 1. The molecule has 0 bridgehead atoms. The molecule has 26 heavy (non-hydrogen) atoms. The van der Waals surface area contributed by atoms with Crippen LogP contribution in [0, 0.1) is 5.41 Å². The Bertz CT molecular complexity index is 919. The van der Waals surface area contributed by atoms with Gasteiger partial charge in [-0.1, -0.05) is 30.3 Å². The molecule has 1 aromatic heterocycles. The van der Waals surface area contributed by atoms with E-state index >= 15 is 0 Å². The molecule has 0 spiro atoms. The third-order valence-electron chi connectivity index (χ3n) is 6.79. The first kappa shape index (κ1) is 17.6. The van der Waals surface area contributed by atoms with E-state index in [9.17, 15) is 10.0 Å². The van der Waals surface area contributed by atoms with Crippen molar-refractivity contribution >= 4 is 34.9 Å². The highest BCUT2D eigenvalue weighted by atomic mass is 35.5. The topological polar surface area (TPSA) is 57.8 Å². The monoisotopic (exact) mass is 373 g/mol. The van der Waals surface area contributed by atoms with Crippen LogP contribution in [0.4, 0.5) is 0 Å². The number of rotatable bonds is 1. The summed E-state index contributed by atoms with van der Waals surface area (Å²) in [5.41, 5.74) is 3.73. The summed E-state index contributed by atoms with van der Waals surface area (Å²) < 4.78 is 1.86. The summed E-state index contributed by atoms with van der Waals surface area (Å²) >= 11 is 0. The van der Waals surface area contributed by atoms with Crippen LogP contribution in [-0.4, -0.2) is 39.4 Å². The van der Waals surface area contributed by atoms with Gasteiger partial charge in [0.1, 0.15) is 5.71 Å². The molecule has 0 saturated carbocycles. The maximum atomic E-state index is 13.3. The van der Waals surface area contributed by atoms with E-state index in [2.05, 4.69) is 23.0 Å². The minimum atomic E-state index is -0.149. The zero-order chi connectivity index (χ0) is 17.2. The van der Waals surface area contributed by atoms with Crippen molar-refractivity contribution in [3.05, 3.63) is 35.5 Å². The van der Waals surface area contributed by atoms with Gasteiger partial charge in [0.25, 0.3) is 5.91 Å². The van der Waals surface area contributed by atoms with Crippen LogP contribution < -0.4 is 0 Å². The second-order valence-corrected chi connectivity index (χ2v) is 7.75. The number of carbonyl (C=O) groups is 1. The lowest BCUT2D eigenvalue weighted by Gasteiger charge is -2.51. The number of para-hydroxylation sites is 1. The Kier molecular flexibility index (Phi) is 4.12. The molecule has 5 rings (SSSR count). The van der Waals surface area contributed by atoms with Gasteiger partial charge in [0.2, 0.25) is 0 Å². The minimum Gasteiger partial charge on any atom is -0.410 e. The molecule has 1 saturated heterocycles. The first-order valence-electron chi connectivity index (χ1n) is 9.32. The molecule has 0 aliphatic carbocycles. The lowest BCUT2D eigenvalue weighted by molar-refractivity contribution is 0.00376. The molecule has 2 atom stereocenters. The van der Waals surface area contributed by atoms with Crippen LogP contribution in [0.25, 0.3) is 10.9 Å². The second-order valence-electron chi connectivity index (χ2n) is 7.75. The number of carbonyl (C=O) groups excluding carboxylic acids is 1. The van der Waals surface area contributed by atoms with Crippen LogP contribution in [0.3, 0.4) is 0 Å². The van der Waals surface area contributed by atoms with Crippen LogP contribution in [0.2, 0.25) is 0 Å². The van der Waals surface area contributed by atoms with Crippen molar-refractivity contribution in [2.45, 2.75) is 45.1 Å². The van der Waals surface area contributed by atoms with Gasteiger partial charge in [0.05, 0.1) is 11.6 Å². The Hall–Kier alpha value is -1.85. The summed E-state index contributed by atoms with van der Waals surface area (Å²) in [7, 11) is 0. The lowest BCUT2D eigenvalue weighted by atomic mass is 9.66. The van der Waals surface area contributed by atoms with Crippen LogP contribution in [-0.2, 0) is 6.42 Å². The molecule has 138 valence electrons. The molecule has 3 aliphatic heterocycles. The zero-order valence-corrected chi connectivity index (χ0v) is 15.8. The molecule has 6 heteroatoms. The van der Waals surface area contributed by atoms with Gasteiger partial charge in [0.15, 0.2) is 0 Å². The fraction of sp³-hybridized carbons (Fsp3) is 0.500. The molecule has 1 N–H and O–H groups in total. The Morgan fingerprint density at radius 3 is 2.88 bits per heavy atom. The van der Waals surface area contributed by atoms with Crippen molar-refractivity contribution in [1.82, 2.24) is 9.47 Å². The third-order valence-corrected chi connectivity index (χ3v) is 6.79. The number of hydrogen-bond acceptors (Lipinski definition) is 4. The van der Waals surface area contributed by atoms with E-state index in [0.717, 1.165) is 50.0 Å². The van der Waals surface area contributed by atoms with E-state index in [-0.39, 0.29) is 29.8 Å². The van der Waals surface area contributed by atoms with Crippen LogP contribution in [0.15, 0.2) is 29.4 Å². The average molecular weight is 374 g/mol. The van der Waals surface area contributed by atoms with Gasteiger partial charge in [-0.15, -0.1) is 12.4 Å². The average Bonchev–Trinajstić information content (AvgIpc) is 2.94. The van der Waals surface area contributed by atoms with Gasteiger partial charge >= 0.3 is 0 Å². The summed E-state index contributed by atoms with van der Waals surface area (Å²) in [5, 5.41) is 14.3. The largest absolute Gasteiger partial charge is 0.410 e. The highest BCUT2D eigenvalue weighted by molar-refractivity contribution is 6.41. The fourth-order valence-corrected chi connectivity index (χ4v) is 5.64. The SMILES string of the molecule is CC[C@@]12CCCN3CCc4c(n(c5ccccc45)C(=O)/C(=N\O)C1)[C@@H]32.Cl. The Morgan fingerprint density at radius 1 is 1.31 bits per heavy atom. The van der Waals surface area contributed by atoms with E-state index in [1.165, 1.54) is 10.9 Å². The molecule has 1 fully saturated rings. The van der Waals surface area contributed by atoms with Gasteiger partial charge in [-0.25, -0.2) is 0 Å². The summed E-state index contributed by atoms with van der Waals surface area (Å²) in [6.45, 7) is 4.36. The molecule has 0 amide bonds. The van der Waals surface area contributed by atoms with Crippen molar-refractivity contribution in [2.75, 3.05) is 13.1 Å². The summed E-state index contributed by atoms with van der Waals surface area (Å²) in [4.78, 5) is 15.8. The molecule has 0 radical (unpaired) electrons. The number of hydrogen-bond donors (Lipinski definition) is 1. The normalized spacial score (nSPS) is 29.3. The Balaban J connectivity index is 0.00000168. The van der Waals surface area contributed by atoms with Gasteiger partial charge in [0, 0.05) is 24.0 Å². The number of halogens is 1. The lowest BCUT2D eigenvalue weighted by Crippen LogP contribution is -2.49. The Morgan fingerprint density at radius 2 is 2.12 bits per heavy atom. The molecule has 3 aliphatic rings. The van der Waals surface area contributed by atoms with Gasteiger partial charge < -0.3 is 5.21 Å². The smallest absolute Gasteiger partial charge is 0.280 e. The molecule has 5 nitrogen and oxygen atoms in total. The highest BCUT2D eigenvalue weighted by Crippen LogP contribution is 2.55. The predicted octanol–water partition coefficient (Wildman–Crippen LogP) is 4.03. The quantitative estimate of drug-likeness (QED) is 0.606. The number of fused-ring (bicyclic) bond motifs is 3. The fourth-order valence-electron chi connectivity index (χ4n) is 5.64. The molecular formula is C20H24ClN3O2. The standard InChI is InChI=1S/C20H23N3O2.ClH/c1-2-20-9-5-10-22-11-8-14-13-6-3-4-7-16(13)23(17(14)18(20)22)19(24)15(12-20)21-25;/h3-4,6-7,18,25H,2,5,8-12H2,1H3;1H/b21-15-;/t18-,20-;/m1./s1. The molecular weight excluding hydrogens is 350 g/mol. The summed E-state index contributed by atoms with van der Waals surface area (Å²) in [6.07, 6.45) is 4.76. The van der Waals surface area contributed by atoms with Gasteiger partial charge in [-0.3, -0.25) is 14.3 Å². The number of oxime groups is 1. The van der Waals surface area contributed by atoms with E-state index < -0.39 is 0 Å². The first-order chi connectivity index (χ1) is 12.2. The summed E-state index contributed by atoms with van der Waals surface area (Å²) in [5.74, 6) is -0.149.